The molecule has 0 saturated carbocycles. The highest BCUT2D eigenvalue weighted by molar-refractivity contribution is 5.78. The van der Waals surface area contributed by atoms with Gasteiger partial charge < -0.3 is 13.7 Å². The van der Waals surface area contributed by atoms with Crippen LogP contribution in [-0.4, -0.2) is 41.0 Å². The Labute approximate surface area is 153 Å². The molecule has 0 fully saturated rings. The zero-order chi connectivity index (χ0) is 18.5. The lowest BCUT2D eigenvalue weighted by Crippen LogP contribution is -2.31. The van der Waals surface area contributed by atoms with Crippen LogP contribution in [-0.2, 0) is 24.3 Å². The Morgan fingerprint density at radius 1 is 1.00 bits per heavy atom. The van der Waals surface area contributed by atoms with E-state index in [0.29, 0.717) is 24.5 Å². The first-order valence-electron chi connectivity index (χ1n) is 8.12. The Morgan fingerprint density at radius 2 is 1.67 bits per heavy atom. The highest BCUT2D eigenvalue weighted by atomic mass is 16.3. The molecule has 0 saturated heterocycles. The van der Waals surface area contributed by atoms with Gasteiger partial charge in [-0.15, -0.1) is 5.10 Å². The molecular weight excluding hydrogens is 350 g/mol. The van der Waals surface area contributed by atoms with E-state index in [1.807, 2.05) is 24.3 Å². The number of hydrogen-bond acceptors (Lipinski definition) is 8. The van der Waals surface area contributed by atoms with Crippen molar-refractivity contribution in [1.29, 1.82) is 0 Å². The van der Waals surface area contributed by atoms with Crippen LogP contribution in [0.15, 0.2) is 64.7 Å². The van der Waals surface area contributed by atoms with Crippen molar-refractivity contribution < 1.29 is 13.6 Å². The number of oxazole rings is 2. The van der Waals surface area contributed by atoms with Crippen LogP contribution in [0.5, 0.6) is 0 Å². The molecule has 0 aliphatic rings. The predicted molar refractivity (Wildman–Crippen MR) is 90.1 cm³/mol. The zero-order valence-corrected chi connectivity index (χ0v) is 14.2. The van der Waals surface area contributed by atoms with Crippen molar-refractivity contribution in [3.05, 3.63) is 72.9 Å². The van der Waals surface area contributed by atoms with Crippen LogP contribution in [0.1, 0.15) is 17.0 Å². The molecule has 4 aromatic rings. The van der Waals surface area contributed by atoms with Crippen LogP contribution in [0.4, 0.5) is 0 Å². The lowest BCUT2D eigenvalue weighted by atomic mass is 10.1. The monoisotopic (exact) mass is 365 g/mol. The third-order valence-corrected chi connectivity index (χ3v) is 3.93. The second kappa shape index (κ2) is 7.60. The molecule has 136 valence electrons. The Bertz CT molecular complexity index is 928. The molecule has 0 N–H and O–H groups in total. The first-order valence-corrected chi connectivity index (χ1v) is 8.12. The van der Waals surface area contributed by atoms with Crippen LogP contribution in [0.2, 0.25) is 0 Å². The van der Waals surface area contributed by atoms with Gasteiger partial charge in [-0.1, -0.05) is 12.1 Å². The molecule has 0 bridgehead atoms. The van der Waals surface area contributed by atoms with Crippen molar-refractivity contribution in [3.8, 4) is 5.69 Å². The Kier molecular flexibility index (Phi) is 4.68. The summed E-state index contributed by atoms with van der Waals surface area (Å²) in [4.78, 5) is 22.7. The molecule has 0 atom stereocenters. The summed E-state index contributed by atoms with van der Waals surface area (Å²) in [7, 11) is 0. The summed E-state index contributed by atoms with van der Waals surface area (Å²) in [5.74, 6) is -0.0591. The number of tetrazole rings is 1. The molecule has 27 heavy (non-hydrogen) atoms. The molecule has 0 aliphatic heterocycles. The minimum Gasteiger partial charge on any atom is -0.451 e. The summed E-state index contributed by atoms with van der Waals surface area (Å²) in [6.07, 6.45) is 7.47. The molecule has 0 spiro atoms. The molecule has 3 aromatic heterocycles. The van der Waals surface area contributed by atoms with Gasteiger partial charge in [0.15, 0.2) is 12.8 Å². The van der Waals surface area contributed by atoms with E-state index in [9.17, 15) is 4.79 Å². The molecule has 1 amide bonds. The lowest BCUT2D eigenvalue weighted by Gasteiger charge is -2.20. The van der Waals surface area contributed by atoms with E-state index in [2.05, 4.69) is 25.5 Å². The van der Waals surface area contributed by atoms with E-state index in [4.69, 9.17) is 8.83 Å². The maximum absolute atomic E-state index is 12.9. The smallest absolute Gasteiger partial charge is 0.227 e. The zero-order valence-electron chi connectivity index (χ0n) is 14.2. The highest BCUT2D eigenvalue weighted by Gasteiger charge is 2.17. The fraction of sp³-hybridized carbons (Fsp3) is 0.176. The van der Waals surface area contributed by atoms with Gasteiger partial charge in [-0.25, -0.2) is 14.6 Å². The number of nitrogens with zero attached hydrogens (tertiary/aromatic N) is 7. The molecule has 10 heteroatoms. The fourth-order valence-corrected chi connectivity index (χ4v) is 2.59. The van der Waals surface area contributed by atoms with Crippen LogP contribution in [0.3, 0.4) is 0 Å². The summed E-state index contributed by atoms with van der Waals surface area (Å²) < 4.78 is 11.5. The van der Waals surface area contributed by atoms with E-state index in [-0.39, 0.29) is 12.3 Å². The van der Waals surface area contributed by atoms with Crippen molar-refractivity contribution in [3.63, 3.8) is 0 Å². The third-order valence-electron chi connectivity index (χ3n) is 3.93. The number of amides is 1. The molecule has 1 aromatic carbocycles. The summed E-state index contributed by atoms with van der Waals surface area (Å²) in [6.45, 7) is 0.649. The Hall–Kier alpha value is -3.82. The summed E-state index contributed by atoms with van der Waals surface area (Å²) in [5, 5.41) is 11.1. The second-order valence-electron chi connectivity index (χ2n) is 5.81. The van der Waals surface area contributed by atoms with Gasteiger partial charge in [0.25, 0.3) is 0 Å². The minimum absolute atomic E-state index is 0.0591. The first kappa shape index (κ1) is 16.6. The third kappa shape index (κ3) is 4.06. The number of hydrogen-bond donors (Lipinski definition) is 0. The quantitative estimate of drug-likeness (QED) is 0.483. The van der Waals surface area contributed by atoms with Gasteiger partial charge in [0.1, 0.15) is 18.9 Å². The molecular formula is C17H15N7O3. The normalized spacial score (nSPS) is 10.8. The van der Waals surface area contributed by atoms with E-state index in [1.54, 1.807) is 9.58 Å². The molecule has 3 heterocycles. The standard InChI is InChI=1S/C17H15N7O3/c25-17(5-13-1-3-16(4-2-13)24-10-20-21-22-24)23(6-14-8-26-11-18-14)7-15-9-27-12-19-15/h1-4,8-12H,5-7H2. The number of benzene rings is 1. The molecule has 0 radical (unpaired) electrons. The summed E-state index contributed by atoms with van der Waals surface area (Å²) in [5.41, 5.74) is 3.03. The average Bonchev–Trinajstić information content (AvgIpc) is 3.45. The van der Waals surface area contributed by atoms with Gasteiger partial charge in [-0.2, -0.15) is 0 Å². The topological polar surface area (TPSA) is 116 Å². The maximum Gasteiger partial charge on any atom is 0.227 e. The largest absolute Gasteiger partial charge is 0.451 e. The van der Waals surface area contributed by atoms with E-state index in [0.717, 1.165) is 11.3 Å². The van der Waals surface area contributed by atoms with E-state index >= 15 is 0 Å². The number of rotatable bonds is 7. The van der Waals surface area contributed by atoms with Gasteiger partial charge in [0.05, 0.1) is 36.6 Å². The van der Waals surface area contributed by atoms with Gasteiger partial charge in [0, 0.05) is 0 Å². The van der Waals surface area contributed by atoms with Gasteiger partial charge in [-0.3, -0.25) is 4.79 Å². The number of carbonyl (C=O) groups excluding carboxylic acids is 1. The SMILES string of the molecule is O=C(Cc1ccc(-n2cnnn2)cc1)N(Cc1cocn1)Cc1cocn1. The van der Waals surface area contributed by atoms with Crippen LogP contribution >= 0.6 is 0 Å². The van der Waals surface area contributed by atoms with Crippen molar-refractivity contribution in [1.82, 2.24) is 35.1 Å². The number of carbonyl (C=O) groups is 1. The number of aromatic nitrogens is 6. The molecule has 4 rings (SSSR count). The Balaban J connectivity index is 1.47. The van der Waals surface area contributed by atoms with Crippen molar-refractivity contribution in [2.75, 3.05) is 0 Å². The highest BCUT2D eigenvalue weighted by Crippen LogP contribution is 2.13. The maximum atomic E-state index is 12.9. The van der Waals surface area contributed by atoms with Gasteiger partial charge in [0.2, 0.25) is 5.91 Å². The van der Waals surface area contributed by atoms with Crippen LogP contribution < -0.4 is 0 Å². The molecule has 10 nitrogen and oxygen atoms in total. The van der Waals surface area contributed by atoms with E-state index in [1.165, 1.54) is 31.6 Å². The van der Waals surface area contributed by atoms with Gasteiger partial charge >= 0.3 is 0 Å². The second-order valence-corrected chi connectivity index (χ2v) is 5.81. The summed E-state index contributed by atoms with van der Waals surface area (Å²) >= 11 is 0. The molecule has 0 aliphatic carbocycles. The predicted octanol–water partition coefficient (Wildman–Crippen LogP) is 1.41. The van der Waals surface area contributed by atoms with Crippen LogP contribution in [0, 0.1) is 0 Å². The molecule has 0 unspecified atom stereocenters. The van der Waals surface area contributed by atoms with Crippen molar-refractivity contribution in [2.24, 2.45) is 0 Å². The lowest BCUT2D eigenvalue weighted by molar-refractivity contribution is -0.131. The van der Waals surface area contributed by atoms with Crippen LogP contribution in [0.25, 0.3) is 5.69 Å². The summed E-state index contributed by atoms with van der Waals surface area (Å²) in [6, 6.07) is 7.47. The van der Waals surface area contributed by atoms with Crippen molar-refractivity contribution in [2.45, 2.75) is 19.5 Å². The average molecular weight is 365 g/mol. The fourth-order valence-electron chi connectivity index (χ4n) is 2.59. The first-order chi connectivity index (χ1) is 13.3. The van der Waals surface area contributed by atoms with Crippen molar-refractivity contribution >= 4 is 5.91 Å². The Morgan fingerprint density at radius 3 is 2.19 bits per heavy atom. The van der Waals surface area contributed by atoms with E-state index < -0.39 is 0 Å². The minimum atomic E-state index is -0.0591. The van der Waals surface area contributed by atoms with Gasteiger partial charge in [-0.05, 0) is 28.1 Å².